The van der Waals surface area contributed by atoms with E-state index in [-0.39, 0.29) is 24.3 Å². The molecule has 1 aliphatic carbocycles. The molecule has 3 aliphatic rings. The highest BCUT2D eigenvalue weighted by Gasteiger charge is 2.59. The molecule has 152 valence electrons. The van der Waals surface area contributed by atoms with Crippen LogP contribution in [0.1, 0.15) is 60.8 Å². The Morgan fingerprint density at radius 2 is 2.04 bits per heavy atom. The normalized spacial score (nSPS) is 43.7. The van der Waals surface area contributed by atoms with Crippen LogP contribution in [0.3, 0.4) is 0 Å². The van der Waals surface area contributed by atoms with Gasteiger partial charge in [-0.1, -0.05) is 37.1 Å². The third-order valence-electron chi connectivity index (χ3n) is 6.94. The molecule has 2 bridgehead atoms. The van der Waals surface area contributed by atoms with E-state index in [9.17, 15) is 4.79 Å². The highest BCUT2D eigenvalue weighted by Crippen LogP contribution is 2.54. The van der Waals surface area contributed by atoms with Gasteiger partial charge in [-0.3, -0.25) is 4.79 Å². The molecule has 1 saturated heterocycles. The van der Waals surface area contributed by atoms with E-state index >= 15 is 0 Å². The highest BCUT2D eigenvalue weighted by molar-refractivity contribution is 5.66. The van der Waals surface area contributed by atoms with Crippen LogP contribution in [0.2, 0.25) is 0 Å². The molecule has 4 heteroatoms. The third kappa shape index (κ3) is 3.75. The molecular formula is C23H36O4. The number of ether oxygens (including phenoxy) is 3. The molecule has 27 heavy (non-hydrogen) atoms. The number of hydrogen-bond acceptors (Lipinski definition) is 4. The Balaban J connectivity index is 2.11. The van der Waals surface area contributed by atoms with E-state index in [1.165, 1.54) is 18.1 Å². The molecule has 1 fully saturated rings. The minimum Gasteiger partial charge on any atom is -0.457 e. The third-order valence-corrected chi connectivity index (χ3v) is 6.94. The van der Waals surface area contributed by atoms with Crippen LogP contribution in [0.5, 0.6) is 0 Å². The molecule has 0 spiro atoms. The summed E-state index contributed by atoms with van der Waals surface area (Å²) >= 11 is 0. The molecule has 2 heterocycles. The van der Waals surface area contributed by atoms with Gasteiger partial charge in [-0.2, -0.15) is 0 Å². The van der Waals surface area contributed by atoms with E-state index in [2.05, 4.69) is 46.8 Å². The lowest BCUT2D eigenvalue weighted by molar-refractivity contribution is -0.180. The minimum absolute atomic E-state index is 0.0808. The Hall–Kier alpha value is -1.13. The summed E-state index contributed by atoms with van der Waals surface area (Å²) in [5.41, 5.74) is 2.11. The first-order valence-electron chi connectivity index (χ1n) is 10.4. The van der Waals surface area contributed by atoms with Crippen molar-refractivity contribution in [3.8, 4) is 0 Å². The number of hydrogen-bond donors (Lipinski definition) is 0. The second-order valence-electron chi connectivity index (χ2n) is 9.33. The number of carbonyl (C=O) groups excluding carboxylic acids is 1. The van der Waals surface area contributed by atoms with Crippen LogP contribution in [0.15, 0.2) is 23.3 Å². The summed E-state index contributed by atoms with van der Waals surface area (Å²) in [5, 5.41) is 0. The summed E-state index contributed by atoms with van der Waals surface area (Å²) in [6.45, 7) is 12.5. The predicted octanol–water partition coefficient (Wildman–Crippen LogP) is 4.69. The zero-order valence-corrected chi connectivity index (χ0v) is 18.0. The topological polar surface area (TPSA) is 44.8 Å². The van der Waals surface area contributed by atoms with Gasteiger partial charge in [-0.15, -0.1) is 0 Å². The van der Waals surface area contributed by atoms with Crippen molar-refractivity contribution < 1.29 is 19.0 Å². The molecule has 0 aromatic heterocycles. The van der Waals surface area contributed by atoms with Crippen molar-refractivity contribution in [1.82, 2.24) is 0 Å². The van der Waals surface area contributed by atoms with Crippen molar-refractivity contribution in [2.24, 2.45) is 23.7 Å². The fourth-order valence-corrected chi connectivity index (χ4v) is 5.90. The van der Waals surface area contributed by atoms with Gasteiger partial charge in [0, 0.05) is 25.9 Å². The summed E-state index contributed by atoms with van der Waals surface area (Å²) in [5.74, 6) is 1.22. The van der Waals surface area contributed by atoms with E-state index in [0.717, 1.165) is 19.3 Å². The van der Waals surface area contributed by atoms with Crippen LogP contribution in [0.25, 0.3) is 0 Å². The zero-order chi connectivity index (χ0) is 19.9. The van der Waals surface area contributed by atoms with Gasteiger partial charge in [0.05, 0.1) is 12.2 Å². The average Bonchev–Trinajstić information content (AvgIpc) is 2.95. The van der Waals surface area contributed by atoms with E-state index in [0.29, 0.717) is 23.7 Å². The van der Waals surface area contributed by atoms with Crippen LogP contribution in [-0.4, -0.2) is 37.0 Å². The molecule has 0 amide bonds. The molecule has 0 unspecified atom stereocenters. The quantitative estimate of drug-likeness (QED) is 0.530. The fourth-order valence-electron chi connectivity index (χ4n) is 5.90. The molecule has 2 aliphatic heterocycles. The Kier molecular flexibility index (Phi) is 5.88. The van der Waals surface area contributed by atoms with E-state index in [1.807, 2.05) is 0 Å². The van der Waals surface area contributed by atoms with Crippen molar-refractivity contribution in [2.75, 3.05) is 7.11 Å². The molecule has 4 nitrogen and oxygen atoms in total. The van der Waals surface area contributed by atoms with Crippen LogP contribution in [0.4, 0.5) is 0 Å². The summed E-state index contributed by atoms with van der Waals surface area (Å²) in [4.78, 5) is 12.0. The highest BCUT2D eigenvalue weighted by atomic mass is 16.6. The van der Waals surface area contributed by atoms with Gasteiger partial charge < -0.3 is 14.2 Å². The van der Waals surface area contributed by atoms with Gasteiger partial charge in [0.25, 0.3) is 0 Å². The Bertz CT molecular complexity index is 634. The smallest absolute Gasteiger partial charge is 0.303 e. The number of methoxy groups -OCH3 is 1. The van der Waals surface area contributed by atoms with Crippen LogP contribution in [0, 0.1) is 23.7 Å². The molecule has 0 aromatic carbocycles. The number of allylic oxidation sites excluding steroid dienone is 1. The lowest BCUT2D eigenvalue weighted by Crippen LogP contribution is -2.52. The number of rotatable bonds is 3. The maximum Gasteiger partial charge on any atom is 0.303 e. The first kappa shape index (κ1) is 20.6. The Labute approximate surface area is 164 Å². The number of esters is 1. The maximum atomic E-state index is 12.0. The minimum atomic E-state index is -0.617. The Morgan fingerprint density at radius 3 is 2.63 bits per heavy atom. The molecule has 0 aromatic rings. The van der Waals surface area contributed by atoms with Crippen LogP contribution < -0.4 is 0 Å². The molecule has 3 rings (SSSR count). The summed E-state index contributed by atoms with van der Waals surface area (Å²) in [6, 6.07) is 0. The van der Waals surface area contributed by atoms with Gasteiger partial charge in [0.2, 0.25) is 0 Å². The number of carbonyl (C=O) groups is 1. The van der Waals surface area contributed by atoms with Gasteiger partial charge >= 0.3 is 5.97 Å². The Morgan fingerprint density at radius 1 is 1.33 bits per heavy atom. The summed E-state index contributed by atoms with van der Waals surface area (Å²) in [6.07, 6.45) is 7.35. The van der Waals surface area contributed by atoms with Crippen LogP contribution in [-0.2, 0) is 19.0 Å². The molecular weight excluding hydrogens is 340 g/mol. The molecule has 0 N–H and O–H groups in total. The molecule has 0 saturated carbocycles. The van der Waals surface area contributed by atoms with E-state index in [4.69, 9.17) is 14.2 Å². The van der Waals surface area contributed by atoms with Gasteiger partial charge in [0.1, 0.15) is 11.7 Å². The number of fused-ring (bicyclic) bond motifs is 5. The van der Waals surface area contributed by atoms with Crippen molar-refractivity contribution in [3.63, 3.8) is 0 Å². The standard InChI is InChI=1S/C23H36O4/c1-13(2)19-17(25-7)12-15(4)20-18-11-14(3)9-8-10-23(6,27-16(5)24)22(26-18)21(19)20/h9,12-13,17-22H,8,10-11H2,1-7H3/b14-9+/t17-,18-,19+,20-,21-,22-,23-/m1/s1. The first-order valence-corrected chi connectivity index (χ1v) is 10.4. The van der Waals surface area contributed by atoms with Crippen LogP contribution >= 0.6 is 0 Å². The fraction of sp³-hybridized carbons (Fsp3) is 0.783. The van der Waals surface area contributed by atoms with Gasteiger partial charge in [-0.25, -0.2) is 0 Å². The van der Waals surface area contributed by atoms with Crippen molar-refractivity contribution in [3.05, 3.63) is 23.3 Å². The van der Waals surface area contributed by atoms with Crippen molar-refractivity contribution in [1.29, 1.82) is 0 Å². The first-order chi connectivity index (χ1) is 12.7. The monoisotopic (exact) mass is 376 g/mol. The SMILES string of the molecule is CO[C@@H]1C=C(C)[C@H]2[C@@H]([C@H]1C(C)C)[C@H]1O[C@@H]2C/C(C)=C/CC[C@@]1(C)OC(C)=O. The van der Waals surface area contributed by atoms with Crippen molar-refractivity contribution in [2.45, 2.75) is 84.7 Å². The van der Waals surface area contributed by atoms with Gasteiger partial charge in [-0.05, 0) is 51.9 Å². The second kappa shape index (κ2) is 7.71. The van der Waals surface area contributed by atoms with Crippen molar-refractivity contribution >= 4 is 5.97 Å². The van der Waals surface area contributed by atoms with Gasteiger partial charge in [0.15, 0.2) is 0 Å². The summed E-state index contributed by atoms with van der Waals surface area (Å²) in [7, 11) is 1.80. The summed E-state index contributed by atoms with van der Waals surface area (Å²) < 4.78 is 18.6. The van der Waals surface area contributed by atoms with E-state index in [1.54, 1.807) is 7.11 Å². The molecule has 7 atom stereocenters. The lowest BCUT2D eigenvalue weighted by atomic mass is 9.62. The largest absolute Gasteiger partial charge is 0.457 e. The second-order valence-corrected chi connectivity index (χ2v) is 9.33. The maximum absolute atomic E-state index is 12.0. The van der Waals surface area contributed by atoms with E-state index < -0.39 is 5.60 Å². The molecule has 0 radical (unpaired) electrons. The lowest BCUT2D eigenvalue weighted by Gasteiger charge is -2.46. The zero-order valence-electron chi connectivity index (χ0n) is 18.0. The predicted molar refractivity (Wildman–Crippen MR) is 106 cm³/mol. The average molecular weight is 377 g/mol.